The fraction of sp³-hybridized carbons (Fsp3) is 0.214. The summed E-state index contributed by atoms with van der Waals surface area (Å²) in [6.07, 6.45) is 3.20. The van der Waals surface area contributed by atoms with Crippen molar-refractivity contribution in [1.29, 1.82) is 0 Å². The maximum absolute atomic E-state index is 12.3. The second kappa shape index (κ2) is 6.53. The first-order chi connectivity index (χ1) is 10.0. The van der Waals surface area contributed by atoms with E-state index in [9.17, 15) is 4.79 Å². The molecule has 0 saturated heterocycles. The molecular weight excluding hydrogens is 336 g/mol. The Kier molecular flexibility index (Phi) is 4.74. The molecule has 0 aromatic carbocycles. The molecule has 1 amide bonds. The molecule has 6 nitrogen and oxygen atoms in total. The first kappa shape index (κ1) is 15.2. The quantitative estimate of drug-likeness (QED) is 0.917. The third-order valence-electron chi connectivity index (χ3n) is 2.77. The molecule has 0 bridgehead atoms. The SMILES string of the molecule is COc1nccc(N(C)C)c1NC(=O)c1ccc(Br)cn1. The zero-order valence-electron chi connectivity index (χ0n) is 11.9. The molecule has 2 rings (SSSR count). The molecule has 0 unspecified atom stereocenters. The van der Waals surface area contributed by atoms with Crippen molar-refractivity contribution in [2.24, 2.45) is 0 Å². The Labute approximate surface area is 131 Å². The number of anilines is 2. The Balaban J connectivity index is 2.34. The monoisotopic (exact) mass is 350 g/mol. The van der Waals surface area contributed by atoms with Crippen LogP contribution in [0.2, 0.25) is 0 Å². The number of methoxy groups -OCH3 is 1. The van der Waals surface area contributed by atoms with Crippen LogP contribution in [0.4, 0.5) is 11.4 Å². The Morgan fingerprint density at radius 1 is 1.29 bits per heavy atom. The number of carbonyl (C=O) groups is 1. The molecule has 0 atom stereocenters. The van der Waals surface area contributed by atoms with Crippen molar-refractivity contribution in [1.82, 2.24) is 9.97 Å². The molecule has 0 fully saturated rings. The van der Waals surface area contributed by atoms with Gasteiger partial charge in [-0.25, -0.2) is 9.97 Å². The van der Waals surface area contributed by atoms with Gasteiger partial charge in [0.1, 0.15) is 11.4 Å². The lowest BCUT2D eigenvalue weighted by Crippen LogP contribution is -2.18. The Morgan fingerprint density at radius 3 is 2.62 bits per heavy atom. The maximum Gasteiger partial charge on any atom is 0.274 e. The normalized spacial score (nSPS) is 10.1. The lowest BCUT2D eigenvalue weighted by atomic mass is 10.3. The van der Waals surface area contributed by atoms with Gasteiger partial charge in [0.2, 0.25) is 5.88 Å². The van der Waals surface area contributed by atoms with Gasteiger partial charge in [-0.1, -0.05) is 0 Å². The molecule has 2 aromatic rings. The van der Waals surface area contributed by atoms with Gasteiger partial charge in [-0.05, 0) is 34.1 Å². The summed E-state index contributed by atoms with van der Waals surface area (Å²) in [4.78, 5) is 22.3. The average molecular weight is 351 g/mol. The number of aromatic nitrogens is 2. The fourth-order valence-electron chi connectivity index (χ4n) is 1.77. The minimum atomic E-state index is -0.322. The third kappa shape index (κ3) is 3.49. The highest BCUT2D eigenvalue weighted by Gasteiger charge is 2.16. The van der Waals surface area contributed by atoms with Crippen molar-refractivity contribution >= 4 is 33.2 Å². The summed E-state index contributed by atoms with van der Waals surface area (Å²) in [7, 11) is 5.26. The molecule has 2 aromatic heterocycles. The van der Waals surface area contributed by atoms with Crippen molar-refractivity contribution in [2.45, 2.75) is 0 Å². The highest BCUT2D eigenvalue weighted by molar-refractivity contribution is 9.10. The van der Waals surface area contributed by atoms with E-state index in [1.165, 1.54) is 7.11 Å². The van der Waals surface area contributed by atoms with E-state index in [0.29, 0.717) is 17.3 Å². The van der Waals surface area contributed by atoms with Gasteiger partial charge in [0.15, 0.2) is 0 Å². The van der Waals surface area contributed by atoms with Gasteiger partial charge < -0.3 is 15.0 Å². The molecule has 0 radical (unpaired) electrons. The second-order valence-corrected chi connectivity index (χ2v) is 5.34. The molecular formula is C14H15BrN4O2. The molecule has 1 N–H and O–H groups in total. The molecule has 0 aliphatic heterocycles. The number of hydrogen-bond acceptors (Lipinski definition) is 5. The molecule has 0 aliphatic carbocycles. The number of nitrogens with zero attached hydrogens (tertiary/aromatic N) is 3. The summed E-state index contributed by atoms with van der Waals surface area (Å²) in [5.41, 5.74) is 1.63. The van der Waals surface area contributed by atoms with Gasteiger partial charge >= 0.3 is 0 Å². The summed E-state index contributed by atoms with van der Waals surface area (Å²) in [6, 6.07) is 5.19. The maximum atomic E-state index is 12.3. The van der Waals surface area contributed by atoms with Crippen molar-refractivity contribution in [3.8, 4) is 5.88 Å². The van der Waals surface area contributed by atoms with Crippen molar-refractivity contribution in [3.05, 3.63) is 40.8 Å². The molecule has 0 spiro atoms. The number of halogens is 1. The highest BCUT2D eigenvalue weighted by atomic mass is 79.9. The summed E-state index contributed by atoms with van der Waals surface area (Å²) in [5, 5.41) is 2.80. The predicted molar refractivity (Wildman–Crippen MR) is 85.0 cm³/mol. The van der Waals surface area contributed by atoms with Gasteiger partial charge in [-0.3, -0.25) is 4.79 Å². The fourth-order valence-corrected chi connectivity index (χ4v) is 2.00. The summed E-state index contributed by atoms with van der Waals surface area (Å²) >= 11 is 3.28. The number of carbonyl (C=O) groups excluding carboxylic acids is 1. The van der Waals surface area contributed by atoms with Gasteiger partial charge in [-0.2, -0.15) is 0 Å². The van der Waals surface area contributed by atoms with E-state index in [-0.39, 0.29) is 5.91 Å². The van der Waals surface area contributed by atoms with Crippen LogP contribution in [0.1, 0.15) is 10.5 Å². The number of hydrogen-bond donors (Lipinski definition) is 1. The average Bonchev–Trinajstić information content (AvgIpc) is 2.47. The molecule has 110 valence electrons. The lowest BCUT2D eigenvalue weighted by Gasteiger charge is -2.19. The second-order valence-electron chi connectivity index (χ2n) is 4.42. The number of nitrogens with one attached hydrogen (secondary N) is 1. The molecule has 7 heteroatoms. The van der Waals surface area contributed by atoms with E-state index in [1.807, 2.05) is 19.0 Å². The van der Waals surface area contributed by atoms with E-state index < -0.39 is 0 Å². The highest BCUT2D eigenvalue weighted by Crippen LogP contribution is 2.32. The van der Waals surface area contributed by atoms with Crippen LogP contribution in [0.15, 0.2) is 35.1 Å². The zero-order chi connectivity index (χ0) is 15.4. The van der Waals surface area contributed by atoms with Crippen LogP contribution >= 0.6 is 15.9 Å². The lowest BCUT2D eigenvalue weighted by molar-refractivity contribution is 0.102. The predicted octanol–water partition coefficient (Wildman–Crippen LogP) is 2.57. The number of rotatable bonds is 4. The number of pyridine rings is 2. The van der Waals surface area contributed by atoms with Crippen LogP contribution < -0.4 is 15.0 Å². The van der Waals surface area contributed by atoms with Crippen LogP contribution in [0.5, 0.6) is 5.88 Å². The topological polar surface area (TPSA) is 67.3 Å². The number of ether oxygens (including phenoxy) is 1. The van der Waals surface area contributed by atoms with Crippen LogP contribution in [0.25, 0.3) is 0 Å². The smallest absolute Gasteiger partial charge is 0.274 e. The van der Waals surface area contributed by atoms with E-state index >= 15 is 0 Å². The Hall–Kier alpha value is -2.15. The summed E-state index contributed by atoms with van der Waals surface area (Å²) in [5.74, 6) is 0.0311. The minimum absolute atomic E-state index is 0.314. The van der Waals surface area contributed by atoms with Crippen LogP contribution in [0.3, 0.4) is 0 Å². The zero-order valence-corrected chi connectivity index (χ0v) is 13.5. The third-order valence-corrected chi connectivity index (χ3v) is 3.24. The van der Waals surface area contributed by atoms with Crippen molar-refractivity contribution in [3.63, 3.8) is 0 Å². The first-order valence-electron chi connectivity index (χ1n) is 6.16. The van der Waals surface area contributed by atoms with E-state index in [4.69, 9.17) is 4.74 Å². The summed E-state index contributed by atoms with van der Waals surface area (Å²) in [6.45, 7) is 0. The van der Waals surface area contributed by atoms with Crippen LogP contribution in [-0.4, -0.2) is 37.1 Å². The van der Waals surface area contributed by atoms with E-state index in [0.717, 1.165) is 10.2 Å². The molecule has 0 aliphatic rings. The standard InChI is InChI=1S/C14H15BrN4O2/c1-19(2)11-6-7-16-14(21-3)12(11)18-13(20)10-5-4-9(15)8-17-10/h4-8H,1-3H3,(H,18,20). The van der Waals surface area contributed by atoms with E-state index in [2.05, 4.69) is 31.2 Å². The van der Waals surface area contributed by atoms with Crippen LogP contribution in [0, 0.1) is 0 Å². The molecule has 2 heterocycles. The van der Waals surface area contributed by atoms with Crippen molar-refractivity contribution in [2.75, 3.05) is 31.4 Å². The largest absolute Gasteiger partial charge is 0.479 e. The van der Waals surface area contributed by atoms with E-state index in [1.54, 1.807) is 30.6 Å². The Morgan fingerprint density at radius 2 is 2.05 bits per heavy atom. The van der Waals surface area contributed by atoms with Gasteiger partial charge in [-0.15, -0.1) is 0 Å². The summed E-state index contributed by atoms with van der Waals surface area (Å²) < 4.78 is 6.02. The molecule has 0 saturated carbocycles. The van der Waals surface area contributed by atoms with Crippen molar-refractivity contribution < 1.29 is 9.53 Å². The van der Waals surface area contributed by atoms with Gasteiger partial charge in [0, 0.05) is 31.0 Å². The Bertz CT molecular complexity index is 644. The first-order valence-corrected chi connectivity index (χ1v) is 6.95. The minimum Gasteiger partial charge on any atom is -0.479 e. The molecule has 21 heavy (non-hydrogen) atoms. The van der Waals surface area contributed by atoms with Gasteiger partial charge in [0.25, 0.3) is 5.91 Å². The van der Waals surface area contributed by atoms with Gasteiger partial charge in [0.05, 0.1) is 12.8 Å². The number of amides is 1. The van der Waals surface area contributed by atoms with Crippen LogP contribution in [-0.2, 0) is 0 Å².